The molecule has 0 bridgehead atoms. The highest BCUT2D eigenvalue weighted by Crippen LogP contribution is 2.28. The normalized spacial score (nSPS) is 11.7. The molecule has 0 radical (unpaired) electrons. The van der Waals surface area contributed by atoms with E-state index in [0.717, 1.165) is 22.2 Å². The number of halogens is 1. The Morgan fingerprint density at radius 2 is 1.89 bits per heavy atom. The highest BCUT2D eigenvalue weighted by molar-refractivity contribution is 7.89. The lowest BCUT2D eigenvalue weighted by Crippen LogP contribution is -2.26. The van der Waals surface area contributed by atoms with Crippen molar-refractivity contribution in [3.63, 3.8) is 0 Å². The molecular formula is C19H21FN2O4S. The molecule has 0 saturated carbocycles. The van der Waals surface area contributed by atoms with Crippen molar-refractivity contribution in [2.45, 2.75) is 18.2 Å². The van der Waals surface area contributed by atoms with Gasteiger partial charge in [-0.3, -0.25) is 0 Å². The summed E-state index contributed by atoms with van der Waals surface area (Å²) in [4.78, 5) is 3.22. The van der Waals surface area contributed by atoms with Crippen LogP contribution < -0.4 is 14.2 Å². The van der Waals surface area contributed by atoms with E-state index in [4.69, 9.17) is 9.47 Å². The number of aromatic nitrogens is 1. The van der Waals surface area contributed by atoms with E-state index in [1.54, 1.807) is 12.1 Å². The summed E-state index contributed by atoms with van der Waals surface area (Å²) in [6.07, 6.45) is 0.424. The molecule has 0 aliphatic heterocycles. The monoisotopic (exact) mass is 392 g/mol. The number of nitrogens with one attached hydrogen (secondary N) is 2. The van der Waals surface area contributed by atoms with Gasteiger partial charge in [0.1, 0.15) is 22.2 Å². The summed E-state index contributed by atoms with van der Waals surface area (Å²) >= 11 is 0. The molecule has 27 heavy (non-hydrogen) atoms. The molecule has 0 saturated heterocycles. The van der Waals surface area contributed by atoms with Gasteiger partial charge in [0, 0.05) is 29.2 Å². The lowest BCUT2D eigenvalue weighted by molar-refractivity contribution is 0.386. The average molecular weight is 392 g/mol. The summed E-state index contributed by atoms with van der Waals surface area (Å²) in [5.41, 5.74) is 2.59. The molecule has 0 aliphatic rings. The first kappa shape index (κ1) is 19.2. The maximum absolute atomic E-state index is 13.6. The Kier molecular flexibility index (Phi) is 5.38. The molecule has 144 valence electrons. The molecule has 0 unspecified atom stereocenters. The number of hydrogen-bond acceptors (Lipinski definition) is 4. The van der Waals surface area contributed by atoms with Gasteiger partial charge in [-0.1, -0.05) is 0 Å². The Morgan fingerprint density at radius 1 is 1.11 bits per heavy atom. The molecule has 1 heterocycles. The number of sulfonamides is 1. The quantitative estimate of drug-likeness (QED) is 0.647. The van der Waals surface area contributed by atoms with Crippen LogP contribution in [-0.2, 0) is 16.4 Å². The van der Waals surface area contributed by atoms with E-state index < -0.39 is 10.0 Å². The van der Waals surface area contributed by atoms with Crippen molar-refractivity contribution in [3.8, 4) is 11.5 Å². The van der Waals surface area contributed by atoms with Crippen molar-refractivity contribution >= 4 is 20.9 Å². The fourth-order valence-electron chi connectivity index (χ4n) is 3.06. The van der Waals surface area contributed by atoms with Crippen LogP contribution in [-0.4, -0.2) is 34.2 Å². The number of fused-ring (bicyclic) bond motifs is 1. The third kappa shape index (κ3) is 3.91. The predicted octanol–water partition coefficient (Wildman–Crippen LogP) is 3.15. The fourth-order valence-corrected chi connectivity index (χ4v) is 4.24. The number of H-pyrrole nitrogens is 1. The predicted molar refractivity (Wildman–Crippen MR) is 101 cm³/mol. The van der Waals surface area contributed by atoms with Gasteiger partial charge in [-0.05, 0) is 49.2 Å². The molecule has 3 rings (SSSR count). The molecule has 0 atom stereocenters. The van der Waals surface area contributed by atoms with Crippen LogP contribution in [0.4, 0.5) is 4.39 Å². The number of methoxy groups -OCH3 is 2. The van der Waals surface area contributed by atoms with Crippen LogP contribution in [0.15, 0.2) is 41.3 Å². The Hall–Kier alpha value is -2.58. The molecule has 8 heteroatoms. The van der Waals surface area contributed by atoms with E-state index >= 15 is 0 Å². The second kappa shape index (κ2) is 7.58. The zero-order valence-electron chi connectivity index (χ0n) is 15.3. The maximum Gasteiger partial charge on any atom is 0.244 e. The molecule has 0 amide bonds. The number of aryl methyl sites for hydroxylation is 1. The highest BCUT2D eigenvalue weighted by atomic mass is 32.2. The fraction of sp³-hybridized carbons (Fsp3) is 0.263. The lowest BCUT2D eigenvalue weighted by atomic mass is 10.1. The number of ether oxygens (including phenoxy) is 2. The van der Waals surface area contributed by atoms with Gasteiger partial charge in [-0.25, -0.2) is 17.5 Å². The Morgan fingerprint density at radius 3 is 2.59 bits per heavy atom. The van der Waals surface area contributed by atoms with Crippen molar-refractivity contribution in [2.24, 2.45) is 0 Å². The summed E-state index contributed by atoms with van der Waals surface area (Å²) < 4.78 is 51.7. The zero-order chi connectivity index (χ0) is 19.6. The van der Waals surface area contributed by atoms with Crippen molar-refractivity contribution in [1.82, 2.24) is 9.71 Å². The third-order valence-electron chi connectivity index (χ3n) is 4.41. The Bertz CT molecular complexity index is 1080. The summed E-state index contributed by atoms with van der Waals surface area (Å²) in [5.74, 6) is 0.376. The van der Waals surface area contributed by atoms with E-state index in [1.165, 1.54) is 38.5 Å². The Balaban J connectivity index is 1.79. The van der Waals surface area contributed by atoms with Gasteiger partial charge < -0.3 is 14.5 Å². The van der Waals surface area contributed by atoms with Gasteiger partial charge >= 0.3 is 0 Å². The number of benzene rings is 2. The lowest BCUT2D eigenvalue weighted by Gasteiger charge is -2.12. The van der Waals surface area contributed by atoms with Crippen molar-refractivity contribution in [1.29, 1.82) is 0 Å². The maximum atomic E-state index is 13.6. The minimum absolute atomic E-state index is 0.0347. The largest absolute Gasteiger partial charge is 0.497 e. The Labute approximate surface area is 157 Å². The van der Waals surface area contributed by atoms with Gasteiger partial charge in [-0.15, -0.1) is 0 Å². The average Bonchev–Trinajstić information content (AvgIpc) is 2.96. The van der Waals surface area contributed by atoms with Crippen molar-refractivity contribution in [2.75, 3.05) is 20.8 Å². The van der Waals surface area contributed by atoms with Gasteiger partial charge in [0.25, 0.3) is 0 Å². The first-order valence-corrected chi connectivity index (χ1v) is 9.82. The van der Waals surface area contributed by atoms with Crippen LogP contribution in [0, 0.1) is 12.7 Å². The molecule has 0 fully saturated rings. The molecule has 2 aromatic carbocycles. The third-order valence-corrected chi connectivity index (χ3v) is 5.91. The smallest absolute Gasteiger partial charge is 0.244 e. The van der Waals surface area contributed by atoms with Crippen LogP contribution >= 0.6 is 0 Å². The number of aromatic amines is 1. The molecule has 1 aromatic heterocycles. The highest BCUT2D eigenvalue weighted by Gasteiger charge is 2.20. The van der Waals surface area contributed by atoms with Gasteiger partial charge in [0.15, 0.2) is 0 Å². The van der Waals surface area contributed by atoms with E-state index in [2.05, 4.69) is 9.71 Å². The van der Waals surface area contributed by atoms with Crippen LogP contribution in [0.3, 0.4) is 0 Å². The van der Waals surface area contributed by atoms with Crippen molar-refractivity contribution < 1.29 is 22.3 Å². The van der Waals surface area contributed by atoms with E-state index in [0.29, 0.717) is 12.2 Å². The number of rotatable bonds is 7. The standard InChI is InChI=1S/C19H21FN2O4S/c1-12-15(16-10-13(20)4-6-17(16)22-12)8-9-21-27(23,24)19-7-5-14(25-2)11-18(19)26-3/h4-7,10-11,21-22H,8-9H2,1-3H3. The first-order valence-electron chi connectivity index (χ1n) is 8.34. The number of hydrogen-bond donors (Lipinski definition) is 2. The second-order valence-corrected chi connectivity index (χ2v) is 7.82. The van der Waals surface area contributed by atoms with Gasteiger partial charge in [-0.2, -0.15) is 0 Å². The van der Waals surface area contributed by atoms with E-state index in [9.17, 15) is 12.8 Å². The molecule has 6 nitrogen and oxygen atoms in total. The van der Waals surface area contributed by atoms with Crippen molar-refractivity contribution in [3.05, 3.63) is 53.5 Å². The SMILES string of the molecule is COc1ccc(S(=O)(=O)NCCc2c(C)[nH]c3ccc(F)cc23)c(OC)c1. The summed E-state index contributed by atoms with van der Waals surface area (Å²) in [5, 5.41) is 0.758. The minimum atomic E-state index is -3.77. The second-order valence-electron chi connectivity index (χ2n) is 6.08. The van der Waals surface area contributed by atoms with Gasteiger partial charge in [0.2, 0.25) is 10.0 Å². The first-order chi connectivity index (χ1) is 12.9. The summed E-state index contributed by atoms with van der Waals surface area (Å²) in [6.45, 7) is 2.05. The van der Waals surface area contributed by atoms with Crippen LogP contribution in [0.1, 0.15) is 11.3 Å². The van der Waals surface area contributed by atoms with E-state index in [1.807, 2.05) is 6.92 Å². The molecule has 0 aliphatic carbocycles. The van der Waals surface area contributed by atoms with E-state index in [-0.39, 0.29) is 23.0 Å². The molecule has 0 spiro atoms. The van der Waals surface area contributed by atoms with Gasteiger partial charge in [0.05, 0.1) is 14.2 Å². The van der Waals surface area contributed by atoms with Crippen LogP contribution in [0.5, 0.6) is 11.5 Å². The summed E-state index contributed by atoms with van der Waals surface area (Å²) in [7, 11) is -0.876. The molecular weight excluding hydrogens is 371 g/mol. The molecule has 2 N–H and O–H groups in total. The topological polar surface area (TPSA) is 80.4 Å². The van der Waals surface area contributed by atoms with Crippen LogP contribution in [0.25, 0.3) is 10.9 Å². The minimum Gasteiger partial charge on any atom is -0.497 e. The zero-order valence-corrected chi connectivity index (χ0v) is 16.1. The molecule has 3 aromatic rings. The summed E-state index contributed by atoms with van der Waals surface area (Å²) in [6, 6.07) is 9.03. The van der Waals surface area contributed by atoms with Crippen LogP contribution in [0.2, 0.25) is 0 Å².